The number of benzene rings is 1. The van der Waals surface area contributed by atoms with E-state index in [1.807, 2.05) is 0 Å². The van der Waals surface area contributed by atoms with Gasteiger partial charge in [-0.1, -0.05) is 60.7 Å². The van der Waals surface area contributed by atoms with Crippen molar-refractivity contribution >= 4 is 0 Å². The topological polar surface area (TPSA) is 12.0 Å². The van der Waals surface area contributed by atoms with Crippen molar-refractivity contribution in [3.63, 3.8) is 0 Å². The van der Waals surface area contributed by atoms with E-state index in [-0.39, 0.29) is 0 Å². The molecule has 1 N–H and O–H groups in total. The number of hydrogen-bond donors (Lipinski definition) is 1. The van der Waals surface area contributed by atoms with Crippen molar-refractivity contribution < 1.29 is 0 Å². The molecule has 0 spiro atoms. The summed E-state index contributed by atoms with van der Waals surface area (Å²) in [6.07, 6.45) is 11.9. The molecule has 1 aliphatic rings. The summed E-state index contributed by atoms with van der Waals surface area (Å²) in [5.41, 5.74) is 2.70. The first-order chi connectivity index (χ1) is 8.36. The number of rotatable bonds is 4. The van der Waals surface area contributed by atoms with Gasteiger partial charge in [0.25, 0.3) is 0 Å². The summed E-state index contributed by atoms with van der Waals surface area (Å²) in [4.78, 5) is 0. The lowest BCUT2D eigenvalue weighted by Crippen LogP contribution is -2.20. The van der Waals surface area contributed by atoms with Gasteiger partial charge < -0.3 is 5.32 Å². The highest BCUT2D eigenvalue weighted by molar-refractivity contribution is 5.28. The maximum Gasteiger partial charge on any atom is 0.0294 e. The Bertz CT molecular complexity index is 426. The SMILES string of the molecule is CC(NCC1=CCC=CC=C1)c1ccccc1. The van der Waals surface area contributed by atoms with E-state index >= 15 is 0 Å². The van der Waals surface area contributed by atoms with E-state index in [0.717, 1.165) is 13.0 Å². The molecule has 0 heterocycles. The Morgan fingerprint density at radius 1 is 1.18 bits per heavy atom. The predicted molar refractivity (Wildman–Crippen MR) is 73.8 cm³/mol. The second-order valence-corrected chi connectivity index (χ2v) is 4.32. The van der Waals surface area contributed by atoms with E-state index in [2.05, 4.69) is 73.0 Å². The van der Waals surface area contributed by atoms with Crippen LogP contribution in [0.2, 0.25) is 0 Å². The van der Waals surface area contributed by atoms with Gasteiger partial charge in [-0.25, -0.2) is 0 Å². The van der Waals surface area contributed by atoms with Gasteiger partial charge in [-0.05, 0) is 24.5 Å². The van der Waals surface area contributed by atoms with Gasteiger partial charge >= 0.3 is 0 Å². The van der Waals surface area contributed by atoms with Crippen LogP contribution in [0.5, 0.6) is 0 Å². The number of nitrogens with one attached hydrogen (secondary N) is 1. The largest absolute Gasteiger partial charge is 0.306 e. The van der Waals surface area contributed by atoms with Crippen LogP contribution < -0.4 is 5.32 Å². The van der Waals surface area contributed by atoms with Crippen LogP contribution in [0.4, 0.5) is 0 Å². The lowest BCUT2D eigenvalue weighted by molar-refractivity contribution is 0.610. The first kappa shape index (κ1) is 11.9. The summed E-state index contributed by atoms with van der Waals surface area (Å²) in [7, 11) is 0. The first-order valence-electron chi connectivity index (χ1n) is 6.17. The van der Waals surface area contributed by atoms with Crippen LogP contribution in [0.25, 0.3) is 0 Å². The molecule has 1 nitrogen and oxygen atoms in total. The molecule has 2 rings (SSSR count). The Labute approximate surface area is 104 Å². The zero-order valence-electron chi connectivity index (χ0n) is 10.3. The van der Waals surface area contributed by atoms with Crippen molar-refractivity contribution in [1.29, 1.82) is 0 Å². The summed E-state index contributed by atoms with van der Waals surface area (Å²) in [5.74, 6) is 0. The van der Waals surface area contributed by atoms with Gasteiger partial charge in [0.05, 0.1) is 0 Å². The highest BCUT2D eigenvalue weighted by Gasteiger charge is 2.03. The van der Waals surface area contributed by atoms with Gasteiger partial charge in [0.15, 0.2) is 0 Å². The minimum Gasteiger partial charge on any atom is -0.306 e. The molecule has 0 saturated carbocycles. The summed E-state index contributed by atoms with van der Waals surface area (Å²) in [5, 5.41) is 3.55. The van der Waals surface area contributed by atoms with Crippen LogP contribution in [-0.4, -0.2) is 6.54 Å². The van der Waals surface area contributed by atoms with Gasteiger partial charge in [-0.2, -0.15) is 0 Å². The van der Waals surface area contributed by atoms with Gasteiger partial charge in [0.2, 0.25) is 0 Å². The molecule has 1 aliphatic carbocycles. The number of hydrogen-bond acceptors (Lipinski definition) is 1. The Balaban J connectivity index is 1.88. The Morgan fingerprint density at radius 3 is 2.82 bits per heavy atom. The second-order valence-electron chi connectivity index (χ2n) is 4.32. The molecule has 1 atom stereocenters. The third-order valence-corrected chi connectivity index (χ3v) is 2.99. The third kappa shape index (κ3) is 3.72. The average molecular weight is 225 g/mol. The number of allylic oxidation sites excluding steroid dienone is 4. The van der Waals surface area contributed by atoms with Crippen LogP contribution >= 0.6 is 0 Å². The maximum atomic E-state index is 3.55. The molecule has 88 valence electrons. The van der Waals surface area contributed by atoms with Crippen molar-refractivity contribution in [3.8, 4) is 0 Å². The van der Waals surface area contributed by atoms with E-state index in [1.165, 1.54) is 11.1 Å². The second kappa shape index (κ2) is 6.21. The molecule has 0 aliphatic heterocycles. The fourth-order valence-corrected chi connectivity index (χ4v) is 1.89. The van der Waals surface area contributed by atoms with Crippen molar-refractivity contribution in [1.82, 2.24) is 5.32 Å². The lowest BCUT2D eigenvalue weighted by atomic mass is 10.1. The molecule has 1 heteroatoms. The summed E-state index contributed by atoms with van der Waals surface area (Å²) in [6.45, 7) is 3.13. The van der Waals surface area contributed by atoms with Crippen LogP contribution in [0, 0.1) is 0 Å². The predicted octanol–water partition coefficient (Wildman–Crippen LogP) is 3.78. The normalized spacial score (nSPS) is 16.4. The van der Waals surface area contributed by atoms with E-state index in [1.54, 1.807) is 0 Å². The smallest absolute Gasteiger partial charge is 0.0294 e. The summed E-state index contributed by atoms with van der Waals surface area (Å²) >= 11 is 0. The molecule has 0 saturated heterocycles. The zero-order chi connectivity index (χ0) is 11.9. The Morgan fingerprint density at radius 2 is 2.00 bits per heavy atom. The fraction of sp³-hybridized carbons (Fsp3) is 0.250. The Hall–Kier alpha value is -1.60. The van der Waals surface area contributed by atoms with E-state index in [0.29, 0.717) is 6.04 Å². The van der Waals surface area contributed by atoms with Gasteiger partial charge in [0, 0.05) is 12.6 Å². The van der Waals surface area contributed by atoms with Crippen molar-refractivity contribution in [2.24, 2.45) is 0 Å². The molecule has 17 heavy (non-hydrogen) atoms. The first-order valence-corrected chi connectivity index (χ1v) is 6.17. The zero-order valence-corrected chi connectivity index (χ0v) is 10.3. The molecule has 1 aromatic rings. The van der Waals surface area contributed by atoms with Crippen LogP contribution in [0.15, 0.2) is 66.3 Å². The van der Waals surface area contributed by atoms with Crippen LogP contribution in [0.3, 0.4) is 0 Å². The molecule has 0 amide bonds. The molecule has 1 unspecified atom stereocenters. The van der Waals surface area contributed by atoms with E-state index in [4.69, 9.17) is 0 Å². The Kier molecular flexibility index (Phi) is 4.34. The molecule has 0 aromatic heterocycles. The average Bonchev–Trinajstić information content (AvgIpc) is 2.65. The summed E-state index contributed by atoms with van der Waals surface area (Å²) < 4.78 is 0. The lowest BCUT2D eigenvalue weighted by Gasteiger charge is -2.14. The van der Waals surface area contributed by atoms with Gasteiger partial charge in [-0.15, -0.1) is 0 Å². The molecule has 0 fully saturated rings. The minimum absolute atomic E-state index is 0.390. The van der Waals surface area contributed by atoms with Crippen molar-refractivity contribution in [2.45, 2.75) is 19.4 Å². The van der Waals surface area contributed by atoms with Gasteiger partial charge in [0.1, 0.15) is 0 Å². The monoisotopic (exact) mass is 225 g/mol. The highest BCUT2D eigenvalue weighted by atomic mass is 14.9. The van der Waals surface area contributed by atoms with Crippen molar-refractivity contribution in [3.05, 3.63) is 71.8 Å². The molecular formula is C16H19N. The standard InChI is InChI=1S/C16H19N/c1-14(16-11-7-4-8-12-16)17-13-15-9-5-2-3-6-10-15/h2-5,7-12,14,17H,6,13H2,1H3. The van der Waals surface area contributed by atoms with Gasteiger partial charge in [-0.3, -0.25) is 0 Å². The summed E-state index contributed by atoms with van der Waals surface area (Å²) in [6, 6.07) is 10.9. The van der Waals surface area contributed by atoms with Crippen LogP contribution in [-0.2, 0) is 0 Å². The maximum absolute atomic E-state index is 3.55. The molecule has 1 aromatic carbocycles. The minimum atomic E-state index is 0.390. The van der Waals surface area contributed by atoms with E-state index < -0.39 is 0 Å². The fourth-order valence-electron chi connectivity index (χ4n) is 1.89. The molecular weight excluding hydrogens is 206 g/mol. The molecule has 0 radical (unpaired) electrons. The van der Waals surface area contributed by atoms with E-state index in [9.17, 15) is 0 Å². The third-order valence-electron chi connectivity index (χ3n) is 2.99. The highest BCUT2D eigenvalue weighted by Crippen LogP contribution is 2.12. The van der Waals surface area contributed by atoms with Crippen molar-refractivity contribution in [2.75, 3.05) is 6.54 Å². The van der Waals surface area contributed by atoms with Crippen LogP contribution in [0.1, 0.15) is 24.9 Å². The molecule has 0 bridgehead atoms. The quantitative estimate of drug-likeness (QED) is 0.822.